The van der Waals surface area contributed by atoms with Gasteiger partial charge in [0.15, 0.2) is 11.1 Å². The van der Waals surface area contributed by atoms with Gasteiger partial charge in [0.2, 0.25) is 0 Å². The van der Waals surface area contributed by atoms with Crippen molar-refractivity contribution < 1.29 is 13.2 Å². The largest absolute Gasteiger partial charge is 0.305 e. The molecule has 2 N–H and O–H groups in total. The van der Waals surface area contributed by atoms with Crippen molar-refractivity contribution in [1.82, 2.24) is 5.32 Å². The van der Waals surface area contributed by atoms with Crippen molar-refractivity contribution in [2.75, 3.05) is 0 Å². The van der Waals surface area contributed by atoms with Gasteiger partial charge in [0.25, 0.3) is 0 Å². The fraction of sp³-hybridized carbons (Fsp3) is 1.00. The average Bonchev–Trinajstić information content (AvgIpc) is 2.50. The SMILES string of the molecule is CC(F)C(NC1CCCC1)S(=O)O. The normalized spacial score (nSPS) is 25.8. The summed E-state index contributed by atoms with van der Waals surface area (Å²) in [6.07, 6.45) is 2.94. The molecule has 13 heavy (non-hydrogen) atoms. The van der Waals surface area contributed by atoms with Gasteiger partial charge in [-0.25, -0.2) is 8.60 Å². The van der Waals surface area contributed by atoms with Crippen molar-refractivity contribution in [1.29, 1.82) is 0 Å². The summed E-state index contributed by atoms with van der Waals surface area (Å²) in [5, 5.41) is 1.96. The van der Waals surface area contributed by atoms with E-state index in [4.69, 9.17) is 4.55 Å². The van der Waals surface area contributed by atoms with Gasteiger partial charge in [0.1, 0.15) is 11.5 Å². The summed E-state index contributed by atoms with van der Waals surface area (Å²) in [6, 6.07) is 0.222. The predicted octanol–water partition coefficient (Wildman–Crippen LogP) is 1.42. The Balaban J connectivity index is 2.41. The van der Waals surface area contributed by atoms with E-state index >= 15 is 0 Å². The Morgan fingerprint density at radius 2 is 2.08 bits per heavy atom. The van der Waals surface area contributed by atoms with Crippen LogP contribution in [-0.2, 0) is 11.1 Å². The molecule has 0 aliphatic heterocycles. The third kappa shape index (κ3) is 3.32. The first kappa shape index (κ1) is 11.1. The second-order valence-electron chi connectivity index (χ2n) is 3.52. The molecule has 3 unspecified atom stereocenters. The first-order valence-corrected chi connectivity index (χ1v) is 5.78. The van der Waals surface area contributed by atoms with Gasteiger partial charge in [-0.1, -0.05) is 12.8 Å². The lowest BCUT2D eigenvalue weighted by Gasteiger charge is -2.20. The van der Waals surface area contributed by atoms with Crippen LogP contribution in [0.4, 0.5) is 4.39 Å². The van der Waals surface area contributed by atoms with Crippen LogP contribution in [0.2, 0.25) is 0 Å². The molecule has 5 heteroatoms. The molecular formula is C8H16FNO2S. The summed E-state index contributed by atoms with van der Waals surface area (Å²) >= 11 is -2.12. The minimum atomic E-state index is -2.12. The van der Waals surface area contributed by atoms with Gasteiger partial charge in [-0.2, -0.15) is 0 Å². The highest BCUT2D eigenvalue weighted by Crippen LogP contribution is 2.19. The number of hydrogen-bond donors (Lipinski definition) is 2. The molecule has 1 saturated carbocycles. The fourth-order valence-corrected chi connectivity index (χ4v) is 2.31. The molecule has 0 aromatic carbocycles. The van der Waals surface area contributed by atoms with Gasteiger partial charge >= 0.3 is 0 Å². The zero-order valence-corrected chi connectivity index (χ0v) is 8.52. The Labute approximate surface area is 80.4 Å². The lowest BCUT2D eigenvalue weighted by molar-refractivity contribution is 0.296. The molecule has 0 spiro atoms. The second-order valence-corrected chi connectivity index (χ2v) is 4.58. The Hall–Kier alpha value is -0.0000000000000000486. The van der Waals surface area contributed by atoms with Crippen LogP contribution in [0, 0.1) is 0 Å². The highest BCUT2D eigenvalue weighted by Gasteiger charge is 2.26. The van der Waals surface area contributed by atoms with Crippen molar-refractivity contribution in [2.45, 2.75) is 50.2 Å². The van der Waals surface area contributed by atoms with E-state index in [0.29, 0.717) is 0 Å². The van der Waals surface area contributed by atoms with E-state index in [1.54, 1.807) is 0 Å². The maximum absolute atomic E-state index is 12.9. The molecule has 1 aliphatic rings. The molecule has 1 fully saturated rings. The van der Waals surface area contributed by atoms with E-state index < -0.39 is 22.6 Å². The molecule has 1 aliphatic carbocycles. The smallest absolute Gasteiger partial charge is 0.173 e. The molecule has 78 valence electrons. The number of rotatable bonds is 4. The molecule has 1 rings (SSSR count). The van der Waals surface area contributed by atoms with Gasteiger partial charge in [0.05, 0.1) is 0 Å². The quantitative estimate of drug-likeness (QED) is 0.688. The zero-order chi connectivity index (χ0) is 9.84. The van der Waals surface area contributed by atoms with Crippen molar-refractivity contribution in [3.63, 3.8) is 0 Å². The average molecular weight is 209 g/mol. The molecule has 0 aromatic heterocycles. The number of alkyl halides is 1. The first-order chi connectivity index (χ1) is 6.11. The highest BCUT2D eigenvalue weighted by atomic mass is 32.2. The Bertz CT molecular complexity index is 183. The van der Waals surface area contributed by atoms with Crippen LogP contribution in [0.5, 0.6) is 0 Å². The van der Waals surface area contributed by atoms with Crippen LogP contribution in [0.25, 0.3) is 0 Å². The van der Waals surface area contributed by atoms with E-state index in [-0.39, 0.29) is 6.04 Å². The van der Waals surface area contributed by atoms with E-state index in [0.717, 1.165) is 25.7 Å². The standard InChI is InChI=1S/C8H16FNO2S/c1-6(9)8(13(11)12)10-7-4-2-3-5-7/h6-8,10H,2-5H2,1H3,(H,11,12). The summed E-state index contributed by atoms with van der Waals surface area (Å²) in [7, 11) is 0. The van der Waals surface area contributed by atoms with Crippen LogP contribution in [-0.4, -0.2) is 26.3 Å². The van der Waals surface area contributed by atoms with Crippen molar-refractivity contribution >= 4 is 11.1 Å². The Morgan fingerprint density at radius 3 is 2.46 bits per heavy atom. The summed E-state index contributed by atoms with van der Waals surface area (Å²) in [5.74, 6) is 0. The summed E-state index contributed by atoms with van der Waals surface area (Å²) in [5.41, 5.74) is 0. The molecule has 0 heterocycles. The van der Waals surface area contributed by atoms with Gasteiger partial charge < -0.3 is 4.55 Å². The lowest BCUT2D eigenvalue weighted by Crippen LogP contribution is -2.44. The molecule has 0 aromatic rings. The van der Waals surface area contributed by atoms with Gasteiger partial charge in [-0.15, -0.1) is 0 Å². The molecule has 0 radical (unpaired) electrons. The molecule has 3 nitrogen and oxygen atoms in total. The molecule has 0 saturated heterocycles. The van der Waals surface area contributed by atoms with Gasteiger partial charge in [-0.3, -0.25) is 5.32 Å². The molecule has 0 amide bonds. The predicted molar refractivity (Wildman–Crippen MR) is 50.5 cm³/mol. The third-order valence-corrected chi connectivity index (χ3v) is 3.34. The topological polar surface area (TPSA) is 49.3 Å². The van der Waals surface area contributed by atoms with Crippen LogP contribution >= 0.6 is 0 Å². The monoisotopic (exact) mass is 209 g/mol. The molecular weight excluding hydrogens is 193 g/mol. The van der Waals surface area contributed by atoms with Crippen LogP contribution in [0.1, 0.15) is 32.6 Å². The fourth-order valence-electron chi connectivity index (χ4n) is 1.68. The van der Waals surface area contributed by atoms with Crippen LogP contribution < -0.4 is 5.32 Å². The number of halogens is 1. The van der Waals surface area contributed by atoms with Crippen molar-refractivity contribution in [3.05, 3.63) is 0 Å². The summed E-state index contributed by atoms with van der Waals surface area (Å²) < 4.78 is 32.4. The maximum Gasteiger partial charge on any atom is 0.173 e. The number of nitrogens with one attached hydrogen (secondary N) is 1. The van der Waals surface area contributed by atoms with E-state index in [1.165, 1.54) is 6.92 Å². The third-order valence-electron chi connectivity index (χ3n) is 2.39. The van der Waals surface area contributed by atoms with Crippen molar-refractivity contribution in [3.8, 4) is 0 Å². The summed E-state index contributed by atoms with van der Waals surface area (Å²) in [6.45, 7) is 1.31. The number of hydrogen-bond acceptors (Lipinski definition) is 2. The zero-order valence-electron chi connectivity index (χ0n) is 7.70. The van der Waals surface area contributed by atoms with Crippen molar-refractivity contribution in [2.24, 2.45) is 0 Å². The minimum absolute atomic E-state index is 0.222. The lowest BCUT2D eigenvalue weighted by atomic mass is 10.2. The van der Waals surface area contributed by atoms with E-state index in [1.807, 2.05) is 0 Å². The van der Waals surface area contributed by atoms with Crippen LogP contribution in [0.3, 0.4) is 0 Å². The first-order valence-electron chi connectivity index (χ1n) is 4.61. The molecule has 0 bridgehead atoms. The molecule has 3 atom stereocenters. The van der Waals surface area contributed by atoms with Crippen LogP contribution in [0.15, 0.2) is 0 Å². The van der Waals surface area contributed by atoms with E-state index in [9.17, 15) is 8.60 Å². The highest BCUT2D eigenvalue weighted by molar-refractivity contribution is 7.79. The van der Waals surface area contributed by atoms with Gasteiger partial charge in [0, 0.05) is 6.04 Å². The second kappa shape index (κ2) is 5.02. The van der Waals surface area contributed by atoms with E-state index in [2.05, 4.69) is 5.32 Å². The Morgan fingerprint density at radius 1 is 1.54 bits per heavy atom. The minimum Gasteiger partial charge on any atom is -0.305 e. The van der Waals surface area contributed by atoms with Gasteiger partial charge in [-0.05, 0) is 19.8 Å². The maximum atomic E-state index is 12.9. The Kier molecular flexibility index (Phi) is 4.28. The summed E-state index contributed by atoms with van der Waals surface area (Å²) in [4.78, 5) is 0.